The quantitative estimate of drug-likeness (QED) is 0.936. The van der Waals surface area contributed by atoms with Crippen molar-refractivity contribution in [3.8, 4) is 11.4 Å². The van der Waals surface area contributed by atoms with Gasteiger partial charge in [-0.05, 0) is 12.5 Å². The van der Waals surface area contributed by atoms with Gasteiger partial charge in [0.15, 0.2) is 5.82 Å². The van der Waals surface area contributed by atoms with Gasteiger partial charge in [-0.3, -0.25) is 4.79 Å². The second-order valence-corrected chi connectivity index (χ2v) is 6.16. The van der Waals surface area contributed by atoms with E-state index < -0.39 is 6.10 Å². The van der Waals surface area contributed by atoms with E-state index in [1.807, 2.05) is 30.3 Å². The van der Waals surface area contributed by atoms with Gasteiger partial charge in [0.25, 0.3) is 5.91 Å². The van der Waals surface area contributed by atoms with Crippen molar-refractivity contribution in [1.82, 2.24) is 9.97 Å². The van der Waals surface area contributed by atoms with Crippen LogP contribution in [0.4, 0.5) is 5.82 Å². The normalized spacial score (nSPS) is 25.9. The first-order chi connectivity index (χ1) is 11.8. The van der Waals surface area contributed by atoms with E-state index in [9.17, 15) is 4.79 Å². The number of ether oxygens (including phenoxy) is 2. The van der Waals surface area contributed by atoms with Crippen LogP contribution in [0.2, 0.25) is 0 Å². The number of nitrogens with zero attached hydrogens (tertiary/aromatic N) is 2. The van der Waals surface area contributed by atoms with E-state index in [2.05, 4.69) is 15.3 Å². The molecular weight excluding hydrogens is 306 g/mol. The van der Waals surface area contributed by atoms with E-state index in [0.29, 0.717) is 37.4 Å². The molecular formula is C18H19N3O3. The zero-order chi connectivity index (χ0) is 16.4. The smallest absolute Gasteiger partial charge is 0.254 e. The van der Waals surface area contributed by atoms with Crippen LogP contribution in [0.1, 0.15) is 6.42 Å². The van der Waals surface area contributed by atoms with Crippen molar-refractivity contribution in [2.45, 2.75) is 12.5 Å². The van der Waals surface area contributed by atoms with Crippen LogP contribution in [-0.2, 0) is 14.3 Å². The van der Waals surface area contributed by atoms with E-state index in [1.165, 1.54) is 0 Å². The van der Waals surface area contributed by atoms with Crippen LogP contribution in [0.5, 0.6) is 0 Å². The monoisotopic (exact) mass is 325 g/mol. The van der Waals surface area contributed by atoms with Gasteiger partial charge in [-0.15, -0.1) is 0 Å². The highest BCUT2D eigenvalue weighted by atomic mass is 16.5. The standard InChI is InChI=1S/C18H19N3O3/c22-18(16-14-7-9-23-10-13(14)11-24-16)21-15-6-8-19-17(20-15)12-4-2-1-3-5-12/h1-6,8,13-14,16H,7,9-11H2,(H,19,20,21,22)/t13-,14-,16+/m0/s1. The Bertz CT molecular complexity index is 722. The molecule has 124 valence electrons. The Morgan fingerprint density at radius 3 is 2.92 bits per heavy atom. The maximum absolute atomic E-state index is 12.6. The third-order valence-electron chi connectivity index (χ3n) is 4.61. The number of nitrogens with one attached hydrogen (secondary N) is 1. The number of carbonyl (C=O) groups is 1. The number of rotatable bonds is 3. The lowest BCUT2D eigenvalue weighted by Gasteiger charge is -2.26. The van der Waals surface area contributed by atoms with E-state index in [1.54, 1.807) is 12.3 Å². The van der Waals surface area contributed by atoms with Crippen LogP contribution < -0.4 is 5.32 Å². The van der Waals surface area contributed by atoms with Crippen molar-refractivity contribution in [3.63, 3.8) is 0 Å². The Morgan fingerprint density at radius 1 is 1.17 bits per heavy atom. The highest BCUT2D eigenvalue weighted by Crippen LogP contribution is 2.33. The van der Waals surface area contributed by atoms with Crippen LogP contribution in [0.15, 0.2) is 42.6 Å². The summed E-state index contributed by atoms with van der Waals surface area (Å²) in [6, 6.07) is 11.4. The average molecular weight is 325 g/mol. The van der Waals surface area contributed by atoms with Crippen LogP contribution in [0.25, 0.3) is 11.4 Å². The second-order valence-electron chi connectivity index (χ2n) is 6.16. The Balaban J connectivity index is 1.48. The lowest BCUT2D eigenvalue weighted by molar-refractivity contribution is -0.126. The summed E-state index contributed by atoms with van der Waals surface area (Å²) in [6.45, 7) is 1.96. The van der Waals surface area contributed by atoms with Crippen molar-refractivity contribution in [2.75, 3.05) is 25.1 Å². The van der Waals surface area contributed by atoms with E-state index in [0.717, 1.165) is 12.0 Å². The predicted molar refractivity (Wildman–Crippen MR) is 88.3 cm³/mol. The van der Waals surface area contributed by atoms with Gasteiger partial charge in [0.2, 0.25) is 0 Å². The summed E-state index contributed by atoms with van der Waals surface area (Å²) in [5, 5.41) is 2.87. The Labute approximate surface area is 140 Å². The number of benzene rings is 1. The largest absolute Gasteiger partial charge is 0.381 e. The van der Waals surface area contributed by atoms with Gasteiger partial charge < -0.3 is 14.8 Å². The maximum Gasteiger partial charge on any atom is 0.254 e. The molecule has 2 aliphatic heterocycles. The first-order valence-electron chi connectivity index (χ1n) is 8.20. The van der Waals surface area contributed by atoms with Crippen molar-refractivity contribution in [1.29, 1.82) is 0 Å². The number of hydrogen-bond acceptors (Lipinski definition) is 5. The van der Waals surface area contributed by atoms with E-state index >= 15 is 0 Å². The van der Waals surface area contributed by atoms with Gasteiger partial charge in [0, 0.05) is 30.2 Å². The Morgan fingerprint density at radius 2 is 2.04 bits per heavy atom. The minimum absolute atomic E-state index is 0.137. The number of hydrogen-bond donors (Lipinski definition) is 1. The van der Waals surface area contributed by atoms with Gasteiger partial charge in [0.1, 0.15) is 11.9 Å². The molecule has 2 aliphatic rings. The predicted octanol–water partition coefficient (Wildman–Crippen LogP) is 2.13. The molecule has 1 amide bonds. The zero-order valence-electron chi connectivity index (χ0n) is 13.2. The molecule has 6 nitrogen and oxygen atoms in total. The molecule has 4 rings (SSSR count). The minimum Gasteiger partial charge on any atom is -0.381 e. The molecule has 24 heavy (non-hydrogen) atoms. The summed E-state index contributed by atoms with van der Waals surface area (Å²) >= 11 is 0. The number of carbonyl (C=O) groups excluding carboxylic acids is 1. The summed E-state index contributed by atoms with van der Waals surface area (Å²) in [5.41, 5.74) is 0.912. The molecule has 2 fully saturated rings. The van der Waals surface area contributed by atoms with Crippen LogP contribution in [-0.4, -0.2) is 41.8 Å². The fourth-order valence-electron chi connectivity index (χ4n) is 3.36. The fraction of sp³-hybridized carbons (Fsp3) is 0.389. The number of amides is 1. The third kappa shape index (κ3) is 3.02. The number of aromatic nitrogens is 2. The van der Waals surface area contributed by atoms with Crippen molar-refractivity contribution >= 4 is 11.7 Å². The molecule has 0 spiro atoms. The molecule has 1 N–H and O–H groups in total. The summed E-state index contributed by atoms with van der Waals surface area (Å²) in [7, 11) is 0. The molecule has 0 bridgehead atoms. The summed E-state index contributed by atoms with van der Waals surface area (Å²) < 4.78 is 11.2. The molecule has 1 aromatic heterocycles. The lowest BCUT2D eigenvalue weighted by atomic mass is 9.87. The van der Waals surface area contributed by atoms with Gasteiger partial charge in [-0.2, -0.15) is 0 Å². The number of fused-ring (bicyclic) bond motifs is 1. The molecule has 3 atom stereocenters. The molecule has 3 heterocycles. The summed E-state index contributed by atoms with van der Waals surface area (Å²) in [4.78, 5) is 21.3. The van der Waals surface area contributed by atoms with Gasteiger partial charge in [0.05, 0.1) is 13.2 Å². The fourth-order valence-corrected chi connectivity index (χ4v) is 3.36. The van der Waals surface area contributed by atoms with Crippen LogP contribution in [0, 0.1) is 11.8 Å². The first kappa shape index (κ1) is 15.2. The summed E-state index contributed by atoms with van der Waals surface area (Å²) in [5.74, 6) is 1.49. The van der Waals surface area contributed by atoms with Gasteiger partial charge in [-0.1, -0.05) is 30.3 Å². The molecule has 0 radical (unpaired) electrons. The Kier molecular flexibility index (Phi) is 4.23. The molecule has 0 unspecified atom stereocenters. The topological polar surface area (TPSA) is 73.3 Å². The first-order valence-corrected chi connectivity index (χ1v) is 8.20. The van der Waals surface area contributed by atoms with Gasteiger partial charge >= 0.3 is 0 Å². The molecule has 2 saturated heterocycles. The highest BCUT2D eigenvalue weighted by Gasteiger charge is 2.43. The van der Waals surface area contributed by atoms with Crippen molar-refractivity contribution < 1.29 is 14.3 Å². The molecule has 0 aliphatic carbocycles. The average Bonchev–Trinajstić information content (AvgIpc) is 3.07. The van der Waals surface area contributed by atoms with Crippen molar-refractivity contribution in [2.24, 2.45) is 11.8 Å². The third-order valence-corrected chi connectivity index (χ3v) is 4.61. The SMILES string of the molecule is O=C(Nc1ccnc(-c2ccccc2)n1)[C@@H]1OC[C@@H]2COCC[C@@H]21. The molecule has 0 saturated carbocycles. The van der Waals surface area contributed by atoms with Crippen LogP contribution >= 0.6 is 0 Å². The van der Waals surface area contributed by atoms with Crippen molar-refractivity contribution in [3.05, 3.63) is 42.6 Å². The maximum atomic E-state index is 12.6. The van der Waals surface area contributed by atoms with E-state index in [4.69, 9.17) is 9.47 Å². The Hall–Kier alpha value is -2.31. The second kappa shape index (κ2) is 6.67. The number of anilines is 1. The molecule has 1 aromatic carbocycles. The van der Waals surface area contributed by atoms with E-state index in [-0.39, 0.29) is 11.8 Å². The molecule has 6 heteroatoms. The minimum atomic E-state index is -0.422. The molecule has 2 aromatic rings. The highest BCUT2D eigenvalue weighted by molar-refractivity contribution is 5.94. The zero-order valence-corrected chi connectivity index (χ0v) is 13.2. The summed E-state index contributed by atoms with van der Waals surface area (Å²) in [6.07, 6.45) is 2.09. The van der Waals surface area contributed by atoms with Crippen LogP contribution in [0.3, 0.4) is 0 Å². The lowest BCUT2D eigenvalue weighted by Crippen LogP contribution is -2.37. The van der Waals surface area contributed by atoms with Gasteiger partial charge in [-0.25, -0.2) is 9.97 Å².